The van der Waals surface area contributed by atoms with E-state index in [4.69, 9.17) is 10.8 Å². The number of alkyl halides is 9. The van der Waals surface area contributed by atoms with Crippen molar-refractivity contribution < 1.29 is 44.6 Å². The molecular weight excluding hydrogens is 321 g/mol. The molecule has 0 unspecified atom stereocenters. The Morgan fingerprint density at radius 2 is 1.43 bits per heavy atom. The summed E-state index contributed by atoms with van der Waals surface area (Å²) in [6.45, 7) is 0. The number of aromatic hydroxyl groups is 1. The monoisotopic (exact) mass is 327 g/mol. The van der Waals surface area contributed by atoms with Gasteiger partial charge in [-0.15, -0.1) is 0 Å². The average molecular weight is 327 g/mol. The van der Waals surface area contributed by atoms with Crippen molar-refractivity contribution in [2.24, 2.45) is 0 Å². The third-order valence-electron chi connectivity index (χ3n) is 2.50. The fourth-order valence-electron chi connectivity index (χ4n) is 1.38. The van der Waals surface area contributed by atoms with E-state index in [-0.39, 0.29) is 6.07 Å². The summed E-state index contributed by atoms with van der Waals surface area (Å²) < 4.78 is 114. The Morgan fingerprint density at radius 1 is 0.952 bits per heavy atom. The van der Waals surface area contributed by atoms with Crippen LogP contribution in [0.3, 0.4) is 0 Å². The van der Waals surface area contributed by atoms with Gasteiger partial charge in [0.05, 0.1) is 11.3 Å². The van der Waals surface area contributed by atoms with Crippen molar-refractivity contribution in [1.29, 1.82) is 0 Å². The molecule has 0 aromatic heterocycles. The first-order chi connectivity index (χ1) is 9.23. The fraction of sp³-hybridized carbons (Fsp3) is 0.400. The maximum atomic E-state index is 13.3. The van der Waals surface area contributed by atoms with Crippen LogP contribution in [0.15, 0.2) is 12.1 Å². The second-order valence-corrected chi connectivity index (χ2v) is 3.96. The SMILES string of the molecule is Nc1cc(C(F)(F)C(F)(F)C(F)F)cc(C(F)(F)F)c1O. The summed E-state index contributed by atoms with van der Waals surface area (Å²) in [5.41, 5.74) is -0.707. The molecule has 2 nitrogen and oxygen atoms in total. The lowest BCUT2D eigenvalue weighted by atomic mass is 9.98. The molecule has 0 atom stereocenters. The Balaban J connectivity index is 3.55. The molecule has 0 heterocycles. The van der Waals surface area contributed by atoms with Gasteiger partial charge in [0.1, 0.15) is 0 Å². The van der Waals surface area contributed by atoms with E-state index in [0.717, 1.165) is 0 Å². The Hall–Kier alpha value is -1.81. The lowest BCUT2D eigenvalue weighted by molar-refractivity contribution is -0.270. The molecule has 0 saturated heterocycles. The Morgan fingerprint density at radius 3 is 1.81 bits per heavy atom. The van der Waals surface area contributed by atoms with E-state index in [1.54, 1.807) is 0 Å². The number of halogens is 9. The quantitative estimate of drug-likeness (QED) is 0.501. The van der Waals surface area contributed by atoms with Gasteiger partial charge in [0.25, 0.3) is 0 Å². The minimum absolute atomic E-state index is 0.124. The van der Waals surface area contributed by atoms with Gasteiger partial charge in [0, 0.05) is 5.56 Å². The van der Waals surface area contributed by atoms with E-state index in [9.17, 15) is 39.5 Å². The van der Waals surface area contributed by atoms with Crippen molar-refractivity contribution in [2.75, 3.05) is 5.73 Å². The van der Waals surface area contributed by atoms with Gasteiger partial charge < -0.3 is 10.8 Å². The number of phenols is 1. The normalized spacial score (nSPS) is 13.8. The van der Waals surface area contributed by atoms with Crippen LogP contribution in [0.25, 0.3) is 0 Å². The predicted octanol–water partition coefficient (Wildman–Crippen LogP) is 3.99. The molecule has 0 aliphatic rings. The molecule has 1 aromatic rings. The standard InChI is InChI=1S/C10H6F9NO/c11-7(12)9(15,16)8(13,14)3-1-4(10(17,18)19)6(21)5(20)2-3/h1-2,7,21H,20H2. The summed E-state index contributed by atoms with van der Waals surface area (Å²) in [5.74, 6) is -13.2. The van der Waals surface area contributed by atoms with E-state index in [1.807, 2.05) is 0 Å². The number of hydrogen-bond acceptors (Lipinski definition) is 2. The highest BCUT2D eigenvalue weighted by atomic mass is 19.4. The first-order valence-electron chi connectivity index (χ1n) is 4.96. The van der Waals surface area contributed by atoms with Crippen LogP contribution >= 0.6 is 0 Å². The number of phenolic OH excluding ortho intramolecular Hbond substituents is 1. The van der Waals surface area contributed by atoms with Crippen LogP contribution in [-0.4, -0.2) is 17.5 Å². The van der Waals surface area contributed by atoms with Crippen molar-refractivity contribution in [3.63, 3.8) is 0 Å². The Kier molecular flexibility index (Phi) is 4.01. The molecular formula is C10H6F9NO. The molecule has 0 saturated carbocycles. The van der Waals surface area contributed by atoms with Gasteiger partial charge in [0.2, 0.25) is 0 Å². The maximum absolute atomic E-state index is 13.3. The Bertz CT molecular complexity index is 538. The van der Waals surface area contributed by atoms with Gasteiger partial charge in [-0.2, -0.15) is 30.7 Å². The van der Waals surface area contributed by atoms with Crippen molar-refractivity contribution in [2.45, 2.75) is 24.4 Å². The average Bonchev–Trinajstić information content (AvgIpc) is 2.30. The minimum Gasteiger partial charge on any atom is -0.505 e. The molecule has 0 spiro atoms. The molecule has 1 rings (SSSR count). The number of rotatable bonds is 3. The molecule has 120 valence electrons. The van der Waals surface area contributed by atoms with Crippen LogP contribution in [-0.2, 0) is 12.1 Å². The second-order valence-electron chi connectivity index (χ2n) is 3.96. The van der Waals surface area contributed by atoms with Crippen molar-refractivity contribution in [1.82, 2.24) is 0 Å². The van der Waals surface area contributed by atoms with Gasteiger partial charge in [-0.3, -0.25) is 0 Å². The van der Waals surface area contributed by atoms with Crippen molar-refractivity contribution in [3.8, 4) is 5.75 Å². The molecule has 11 heteroatoms. The van der Waals surface area contributed by atoms with Crippen LogP contribution in [0.1, 0.15) is 11.1 Å². The van der Waals surface area contributed by atoms with Crippen molar-refractivity contribution in [3.05, 3.63) is 23.3 Å². The highest BCUT2D eigenvalue weighted by Gasteiger charge is 2.64. The zero-order chi connectivity index (χ0) is 16.8. The second kappa shape index (κ2) is 4.88. The Labute approximate surface area is 111 Å². The molecule has 3 N–H and O–H groups in total. The fourth-order valence-corrected chi connectivity index (χ4v) is 1.38. The molecule has 0 fully saturated rings. The van der Waals surface area contributed by atoms with E-state index in [1.165, 1.54) is 0 Å². The zero-order valence-electron chi connectivity index (χ0n) is 9.66. The van der Waals surface area contributed by atoms with Crippen LogP contribution in [0.5, 0.6) is 5.75 Å². The summed E-state index contributed by atoms with van der Waals surface area (Å²) in [4.78, 5) is 0. The van der Waals surface area contributed by atoms with Crippen LogP contribution in [0.4, 0.5) is 45.2 Å². The molecule has 0 radical (unpaired) electrons. The van der Waals surface area contributed by atoms with Gasteiger partial charge >= 0.3 is 24.4 Å². The summed E-state index contributed by atoms with van der Waals surface area (Å²) >= 11 is 0. The van der Waals surface area contributed by atoms with Crippen LogP contribution in [0.2, 0.25) is 0 Å². The summed E-state index contributed by atoms with van der Waals surface area (Å²) in [7, 11) is 0. The third-order valence-corrected chi connectivity index (χ3v) is 2.50. The first kappa shape index (κ1) is 17.2. The number of nitrogens with two attached hydrogens (primary N) is 1. The largest absolute Gasteiger partial charge is 0.505 e. The first-order valence-corrected chi connectivity index (χ1v) is 4.96. The van der Waals surface area contributed by atoms with Crippen molar-refractivity contribution >= 4 is 5.69 Å². The number of anilines is 1. The molecule has 0 aliphatic carbocycles. The zero-order valence-corrected chi connectivity index (χ0v) is 9.66. The minimum atomic E-state index is -5.92. The van der Waals surface area contributed by atoms with E-state index in [2.05, 4.69) is 0 Å². The van der Waals surface area contributed by atoms with Gasteiger partial charge in [-0.1, -0.05) is 0 Å². The maximum Gasteiger partial charge on any atom is 0.420 e. The molecule has 1 aromatic carbocycles. The lowest BCUT2D eigenvalue weighted by Crippen LogP contribution is -2.44. The van der Waals surface area contributed by atoms with Gasteiger partial charge in [-0.05, 0) is 12.1 Å². The van der Waals surface area contributed by atoms with Gasteiger partial charge in [0.15, 0.2) is 5.75 Å². The smallest absolute Gasteiger partial charge is 0.420 e. The molecule has 0 amide bonds. The number of benzene rings is 1. The highest BCUT2D eigenvalue weighted by Crippen LogP contribution is 2.49. The van der Waals surface area contributed by atoms with E-state index in [0.29, 0.717) is 0 Å². The summed E-state index contributed by atoms with van der Waals surface area (Å²) in [6, 6.07) is -0.678. The topological polar surface area (TPSA) is 46.2 Å². The van der Waals surface area contributed by atoms with Gasteiger partial charge in [-0.25, -0.2) is 8.78 Å². The molecule has 0 aliphatic heterocycles. The molecule has 0 bridgehead atoms. The lowest BCUT2D eigenvalue weighted by Gasteiger charge is -2.27. The van der Waals surface area contributed by atoms with E-state index >= 15 is 0 Å². The number of nitrogen functional groups attached to an aromatic ring is 1. The third kappa shape index (κ3) is 2.81. The van der Waals surface area contributed by atoms with Crippen LogP contribution in [0, 0.1) is 0 Å². The predicted molar refractivity (Wildman–Crippen MR) is 52.4 cm³/mol. The van der Waals surface area contributed by atoms with Crippen LogP contribution < -0.4 is 5.73 Å². The summed E-state index contributed by atoms with van der Waals surface area (Å²) in [6.07, 6.45) is -10.2. The molecule has 21 heavy (non-hydrogen) atoms. The van der Waals surface area contributed by atoms with E-state index < -0.39 is 53.1 Å². The summed E-state index contributed by atoms with van der Waals surface area (Å²) in [5, 5.41) is 9.01. The number of hydrogen-bond donors (Lipinski definition) is 2. The highest BCUT2D eigenvalue weighted by molar-refractivity contribution is 5.59.